The largest absolute Gasteiger partial charge is 0.490 e. The van der Waals surface area contributed by atoms with Crippen LogP contribution in [0.2, 0.25) is 0 Å². The van der Waals surface area contributed by atoms with Crippen molar-refractivity contribution in [1.82, 2.24) is 4.90 Å². The third-order valence-corrected chi connectivity index (χ3v) is 8.94. The highest BCUT2D eigenvalue weighted by Crippen LogP contribution is 2.43. The Morgan fingerprint density at radius 1 is 1.03 bits per heavy atom. The highest BCUT2D eigenvalue weighted by Gasteiger charge is 2.40. The van der Waals surface area contributed by atoms with Crippen molar-refractivity contribution in [3.05, 3.63) is 41.5 Å². The van der Waals surface area contributed by atoms with Crippen LogP contribution in [0, 0.1) is 11.8 Å². The molecule has 3 fully saturated rings. The number of carboxylic acid groups (broad SMARTS) is 1. The van der Waals surface area contributed by atoms with E-state index in [-0.39, 0.29) is 23.2 Å². The number of benzene rings is 2. The van der Waals surface area contributed by atoms with Crippen LogP contribution >= 0.6 is 0 Å². The summed E-state index contributed by atoms with van der Waals surface area (Å²) in [6.45, 7) is 3.08. The van der Waals surface area contributed by atoms with E-state index in [0.29, 0.717) is 23.4 Å². The molecular formula is C30H38F3NO3. The van der Waals surface area contributed by atoms with Crippen molar-refractivity contribution < 1.29 is 27.8 Å². The summed E-state index contributed by atoms with van der Waals surface area (Å²) in [6, 6.07) is 9.25. The van der Waals surface area contributed by atoms with Crippen molar-refractivity contribution in [3.8, 4) is 5.75 Å². The van der Waals surface area contributed by atoms with Gasteiger partial charge in [-0.05, 0) is 99.1 Å². The number of carboxylic acids is 1. The molecule has 0 spiro atoms. The summed E-state index contributed by atoms with van der Waals surface area (Å²) in [7, 11) is 0. The molecule has 2 aliphatic heterocycles. The zero-order chi connectivity index (χ0) is 26.2. The van der Waals surface area contributed by atoms with Crippen LogP contribution in [0.5, 0.6) is 5.75 Å². The minimum atomic E-state index is -4.49. The van der Waals surface area contributed by atoms with Crippen LogP contribution < -0.4 is 4.74 Å². The summed E-state index contributed by atoms with van der Waals surface area (Å²) in [5.74, 6) is -0.352. The number of carbonyl (C=O) groups is 1. The van der Waals surface area contributed by atoms with Gasteiger partial charge < -0.3 is 9.84 Å². The number of nitrogens with zero attached hydrogens (tertiary/aromatic N) is 1. The Morgan fingerprint density at radius 3 is 2.38 bits per heavy atom. The van der Waals surface area contributed by atoms with Gasteiger partial charge in [-0.2, -0.15) is 13.2 Å². The standard InChI is InChI=1S/C30H38F3NO3/c1-19-7-11-25(12-8-19)37-27-14-10-21-16-20(9-13-26(21)28(27)30(31,32)33)4-3-15-34-23-5-2-6-24(34)18-22(17-23)29(35)36/h9-10,13-14,16,19,22-25H,2-8,11-12,15,17-18H2,1H3,(H,35,36)/t19-,22?,23?,24?,25+. The molecule has 3 aliphatic rings. The SMILES string of the molecule is C[C@H]1CC[C@@H](Oc2ccc3cc(CCCN4C5CCCC4CC(C(=O)O)C5)ccc3c2C(F)(F)F)CC1. The molecule has 2 heterocycles. The van der Waals surface area contributed by atoms with Gasteiger partial charge in [0.25, 0.3) is 0 Å². The minimum absolute atomic E-state index is 0.0522. The molecule has 2 saturated heterocycles. The van der Waals surface area contributed by atoms with Crippen molar-refractivity contribution >= 4 is 16.7 Å². The van der Waals surface area contributed by atoms with Gasteiger partial charge in [-0.25, -0.2) is 0 Å². The number of rotatable bonds is 7. The van der Waals surface area contributed by atoms with Gasteiger partial charge in [0.05, 0.1) is 12.0 Å². The number of aryl methyl sites for hydroxylation is 1. The van der Waals surface area contributed by atoms with Crippen LogP contribution in [0.4, 0.5) is 13.2 Å². The van der Waals surface area contributed by atoms with Crippen LogP contribution in [0.25, 0.3) is 10.8 Å². The predicted molar refractivity (Wildman–Crippen MR) is 138 cm³/mol. The summed E-state index contributed by atoms with van der Waals surface area (Å²) in [6.07, 6.45) is 5.35. The first-order valence-electron chi connectivity index (χ1n) is 14.0. The second kappa shape index (κ2) is 10.8. The molecule has 1 saturated carbocycles. The van der Waals surface area contributed by atoms with Gasteiger partial charge in [0, 0.05) is 12.1 Å². The Balaban J connectivity index is 1.27. The smallest absolute Gasteiger partial charge is 0.420 e. The minimum Gasteiger partial charge on any atom is -0.490 e. The first kappa shape index (κ1) is 26.3. The fourth-order valence-electron chi connectivity index (χ4n) is 6.94. The Bertz CT molecular complexity index is 1100. The molecule has 2 atom stereocenters. The van der Waals surface area contributed by atoms with E-state index < -0.39 is 17.7 Å². The number of alkyl halides is 3. The second-order valence-corrected chi connectivity index (χ2v) is 11.6. The first-order chi connectivity index (χ1) is 17.7. The number of aliphatic carboxylic acids is 1. The van der Waals surface area contributed by atoms with Gasteiger partial charge in [-0.1, -0.05) is 37.6 Å². The molecule has 37 heavy (non-hydrogen) atoms. The maximum atomic E-state index is 14.2. The lowest BCUT2D eigenvalue weighted by Gasteiger charge is -2.48. The third kappa shape index (κ3) is 5.92. The fourth-order valence-corrected chi connectivity index (χ4v) is 6.94. The van der Waals surface area contributed by atoms with Crippen LogP contribution in [-0.2, 0) is 17.4 Å². The van der Waals surface area contributed by atoms with Gasteiger partial charge in [0.15, 0.2) is 0 Å². The van der Waals surface area contributed by atoms with Crippen LogP contribution in [0.15, 0.2) is 30.3 Å². The molecule has 2 unspecified atom stereocenters. The van der Waals surface area contributed by atoms with E-state index in [4.69, 9.17) is 4.74 Å². The molecular weight excluding hydrogens is 479 g/mol. The zero-order valence-corrected chi connectivity index (χ0v) is 21.6. The quantitative estimate of drug-likeness (QED) is 0.414. The molecule has 2 bridgehead atoms. The molecule has 4 nitrogen and oxygen atoms in total. The van der Waals surface area contributed by atoms with Crippen LogP contribution in [-0.4, -0.2) is 40.7 Å². The summed E-state index contributed by atoms with van der Waals surface area (Å²) < 4.78 is 48.4. The number of hydrogen-bond acceptors (Lipinski definition) is 3. The average molecular weight is 518 g/mol. The molecule has 2 aromatic carbocycles. The Hall–Kier alpha value is -2.28. The molecule has 5 rings (SSSR count). The Labute approximate surface area is 217 Å². The predicted octanol–water partition coefficient (Wildman–Crippen LogP) is 7.47. The van der Waals surface area contributed by atoms with Gasteiger partial charge in [0.2, 0.25) is 0 Å². The zero-order valence-electron chi connectivity index (χ0n) is 21.6. The number of fused-ring (bicyclic) bond motifs is 3. The molecule has 0 aromatic heterocycles. The monoisotopic (exact) mass is 517 g/mol. The topological polar surface area (TPSA) is 49.8 Å². The van der Waals surface area contributed by atoms with Gasteiger partial charge in [0.1, 0.15) is 11.3 Å². The van der Waals surface area contributed by atoms with Gasteiger partial charge >= 0.3 is 12.1 Å². The Morgan fingerprint density at radius 2 is 1.73 bits per heavy atom. The lowest BCUT2D eigenvalue weighted by Crippen LogP contribution is -2.53. The molecule has 1 aliphatic carbocycles. The van der Waals surface area contributed by atoms with Crippen molar-refractivity contribution in [2.75, 3.05) is 6.54 Å². The third-order valence-electron chi connectivity index (χ3n) is 8.94. The van der Waals surface area contributed by atoms with Crippen molar-refractivity contribution in [1.29, 1.82) is 0 Å². The maximum absolute atomic E-state index is 14.2. The summed E-state index contributed by atoms with van der Waals surface area (Å²) in [4.78, 5) is 14.0. The Kier molecular flexibility index (Phi) is 7.71. The average Bonchev–Trinajstić information content (AvgIpc) is 2.84. The van der Waals surface area contributed by atoms with E-state index in [0.717, 1.165) is 82.7 Å². The maximum Gasteiger partial charge on any atom is 0.420 e. The molecule has 0 radical (unpaired) electrons. The fraction of sp³-hybridized carbons (Fsp3) is 0.633. The van der Waals surface area contributed by atoms with E-state index in [1.54, 1.807) is 12.1 Å². The van der Waals surface area contributed by atoms with E-state index in [1.807, 2.05) is 12.1 Å². The summed E-state index contributed by atoms with van der Waals surface area (Å²) in [5.41, 5.74) is 0.366. The number of hydrogen-bond donors (Lipinski definition) is 1. The normalized spacial score (nSPS) is 28.8. The van der Waals surface area contributed by atoms with Crippen molar-refractivity contribution in [3.63, 3.8) is 0 Å². The summed E-state index contributed by atoms with van der Waals surface area (Å²) >= 11 is 0. The van der Waals surface area contributed by atoms with E-state index in [1.165, 1.54) is 6.07 Å². The van der Waals surface area contributed by atoms with Gasteiger partial charge in [-0.15, -0.1) is 0 Å². The highest BCUT2D eigenvalue weighted by molar-refractivity contribution is 5.89. The van der Waals surface area contributed by atoms with Crippen molar-refractivity contribution in [2.45, 2.75) is 102 Å². The van der Waals surface area contributed by atoms with Crippen molar-refractivity contribution in [2.24, 2.45) is 11.8 Å². The number of piperidine rings is 2. The highest BCUT2D eigenvalue weighted by atomic mass is 19.4. The van der Waals surface area contributed by atoms with E-state index >= 15 is 0 Å². The number of halogens is 3. The van der Waals surface area contributed by atoms with Crippen LogP contribution in [0.3, 0.4) is 0 Å². The first-order valence-corrected chi connectivity index (χ1v) is 14.0. The molecule has 0 amide bonds. The number of ether oxygens (including phenoxy) is 1. The summed E-state index contributed by atoms with van der Waals surface area (Å²) in [5, 5.41) is 10.3. The second-order valence-electron chi connectivity index (χ2n) is 11.6. The van der Waals surface area contributed by atoms with Crippen LogP contribution in [0.1, 0.15) is 82.3 Å². The molecule has 7 heteroatoms. The van der Waals surface area contributed by atoms with Gasteiger partial charge in [-0.3, -0.25) is 9.69 Å². The molecule has 2 aromatic rings. The lowest BCUT2D eigenvalue weighted by molar-refractivity contribution is -0.146. The van der Waals surface area contributed by atoms with E-state index in [9.17, 15) is 23.1 Å². The van der Waals surface area contributed by atoms with E-state index in [2.05, 4.69) is 11.8 Å². The molecule has 1 N–H and O–H groups in total. The lowest BCUT2D eigenvalue weighted by atomic mass is 9.78. The molecule has 202 valence electrons.